The van der Waals surface area contributed by atoms with Crippen LogP contribution in [0.25, 0.3) is 11.3 Å². The van der Waals surface area contributed by atoms with Crippen molar-refractivity contribution in [2.75, 3.05) is 11.4 Å². The largest absolute Gasteiger partial charge is 0.453 e. The summed E-state index contributed by atoms with van der Waals surface area (Å²) >= 11 is 0. The summed E-state index contributed by atoms with van der Waals surface area (Å²) < 4.78 is 5.49. The van der Waals surface area contributed by atoms with E-state index in [1.165, 1.54) is 0 Å². The minimum absolute atomic E-state index is 0.146. The SMILES string of the molecule is CC(C)(C)C(=O)N1CCCc2cc(-c3ccc(C=O)o3)ccc21. The Morgan fingerprint density at radius 3 is 2.65 bits per heavy atom. The van der Waals surface area contributed by atoms with Crippen LogP contribution in [0.2, 0.25) is 0 Å². The van der Waals surface area contributed by atoms with E-state index in [9.17, 15) is 9.59 Å². The van der Waals surface area contributed by atoms with Crippen molar-refractivity contribution in [1.82, 2.24) is 0 Å². The predicted octanol–water partition coefficient (Wildman–Crippen LogP) is 4.08. The topological polar surface area (TPSA) is 50.5 Å². The van der Waals surface area contributed by atoms with Crippen LogP contribution in [0.15, 0.2) is 34.7 Å². The number of hydrogen-bond donors (Lipinski definition) is 0. The number of fused-ring (bicyclic) bond motifs is 1. The van der Waals surface area contributed by atoms with E-state index in [2.05, 4.69) is 6.07 Å². The molecule has 3 rings (SSSR count). The number of furan rings is 1. The van der Waals surface area contributed by atoms with E-state index in [0.717, 1.165) is 36.2 Å². The van der Waals surface area contributed by atoms with Crippen LogP contribution in [0.4, 0.5) is 5.69 Å². The highest BCUT2D eigenvalue weighted by molar-refractivity contribution is 5.98. The Hall–Kier alpha value is -2.36. The van der Waals surface area contributed by atoms with Gasteiger partial charge in [0.15, 0.2) is 12.0 Å². The number of anilines is 1. The minimum atomic E-state index is -0.396. The Kier molecular flexibility index (Phi) is 3.84. The van der Waals surface area contributed by atoms with E-state index in [1.807, 2.05) is 37.8 Å². The molecule has 23 heavy (non-hydrogen) atoms. The van der Waals surface area contributed by atoms with Crippen LogP contribution in [-0.4, -0.2) is 18.7 Å². The molecule has 0 unspecified atom stereocenters. The molecule has 120 valence electrons. The van der Waals surface area contributed by atoms with Gasteiger partial charge in [0.2, 0.25) is 5.91 Å². The molecular weight excluding hydrogens is 290 g/mol. The highest BCUT2D eigenvalue weighted by atomic mass is 16.3. The lowest BCUT2D eigenvalue weighted by Gasteiger charge is -2.34. The van der Waals surface area contributed by atoms with Crippen molar-refractivity contribution in [3.8, 4) is 11.3 Å². The van der Waals surface area contributed by atoms with Gasteiger partial charge in [-0.2, -0.15) is 0 Å². The molecule has 2 aromatic rings. The molecule has 1 aromatic carbocycles. The summed E-state index contributed by atoms with van der Waals surface area (Å²) in [7, 11) is 0. The average Bonchev–Trinajstić information content (AvgIpc) is 3.01. The number of rotatable bonds is 2. The molecule has 0 saturated heterocycles. The first-order chi connectivity index (χ1) is 10.9. The van der Waals surface area contributed by atoms with Gasteiger partial charge in [-0.15, -0.1) is 0 Å². The van der Waals surface area contributed by atoms with Crippen LogP contribution in [0.5, 0.6) is 0 Å². The van der Waals surface area contributed by atoms with Gasteiger partial charge in [-0.05, 0) is 48.7 Å². The molecule has 2 heterocycles. The number of carbonyl (C=O) groups is 2. The van der Waals surface area contributed by atoms with Gasteiger partial charge in [0.25, 0.3) is 0 Å². The number of aryl methyl sites for hydroxylation is 1. The Balaban J connectivity index is 1.97. The fourth-order valence-corrected chi connectivity index (χ4v) is 2.94. The number of amides is 1. The molecule has 0 saturated carbocycles. The lowest BCUT2D eigenvalue weighted by atomic mass is 9.91. The van der Waals surface area contributed by atoms with Crippen molar-refractivity contribution in [2.45, 2.75) is 33.6 Å². The van der Waals surface area contributed by atoms with Gasteiger partial charge in [-0.1, -0.05) is 20.8 Å². The summed E-state index contributed by atoms with van der Waals surface area (Å²) in [6.07, 6.45) is 2.60. The average molecular weight is 311 g/mol. The molecule has 0 atom stereocenters. The molecule has 0 N–H and O–H groups in total. The van der Waals surface area contributed by atoms with Crippen LogP contribution < -0.4 is 4.90 Å². The third-order valence-corrected chi connectivity index (χ3v) is 4.11. The molecule has 4 heteroatoms. The van der Waals surface area contributed by atoms with Crippen molar-refractivity contribution in [3.05, 3.63) is 41.7 Å². The summed E-state index contributed by atoms with van der Waals surface area (Å²) in [6.45, 7) is 6.60. The molecule has 1 aromatic heterocycles. The van der Waals surface area contributed by atoms with E-state index in [1.54, 1.807) is 12.1 Å². The first kappa shape index (κ1) is 15.5. The van der Waals surface area contributed by atoms with Crippen LogP contribution >= 0.6 is 0 Å². The van der Waals surface area contributed by atoms with Crippen LogP contribution in [0.3, 0.4) is 0 Å². The van der Waals surface area contributed by atoms with E-state index >= 15 is 0 Å². The maximum absolute atomic E-state index is 12.6. The van der Waals surface area contributed by atoms with Gasteiger partial charge in [-0.3, -0.25) is 9.59 Å². The van der Waals surface area contributed by atoms with Gasteiger partial charge in [0.05, 0.1) is 0 Å². The van der Waals surface area contributed by atoms with Crippen molar-refractivity contribution < 1.29 is 14.0 Å². The zero-order valence-electron chi connectivity index (χ0n) is 13.8. The Morgan fingerprint density at radius 1 is 1.22 bits per heavy atom. The monoisotopic (exact) mass is 311 g/mol. The maximum Gasteiger partial charge on any atom is 0.232 e. The Bertz CT molecular complexity index is 752. The summed E-state index contributed by atoms with van der Waals surface area (Å²) in [5.41, 5.74) is 2.67. The Labute approximate surface area is 136 Å². The highest BCUT2D eigenvalue weighted by Crippen LogP contribution is 2.34. The number of hydrogen-bond acceptors (Lipinski definition) is 3. The molecule has 1 aliphatic rings. The first-order valence-corrected chi connectivity index (χ1v) is 7.90. The third kappa shape index (κ3) is 2.93. The normalized spacial score (nSPS) is 14.5. The summed E-state index contributed by atoms with van der Waals surface area (Å²) in [5.74, 6) is 1.14. The molecule has 4 nitrogen and oxygen atoms in total. The van der Waals surface area contributed by atoms with Crippen LogP contribution in [0, 0.1) is 5.41 Å². The van der Waals surface area contributed by atoms with Gasteiger partial charge >= 0.3 is 0 Å². The second kappa shape index (κ2) is 5.69. The van der Waals surface area contributed by atoms with E-state index in [0.29, 0.717) is 17.8 Å². The molecular formula is C19H21NO3. The fourth-order valence-electron chi connectivity index (χ4n) is 2.94. The predicted molar refractivity (Wildman–Crippen MR) is 89.7 cm³/mol. The molecule has 0 fully saturated rings. The summed E-state index contributed by atoms with van der Waals surface area (Å²) in [4.78, 5) is 25.3. The Morgan fingerprint density at radius 2 is 2.00 bits per heavy atom. The number of carbonyl (C=O) groups excluding carboxylic acids is 2. The smallest absolute Gasteiger partial charge is 0.232 e. The van der Waals surface area contributed by atoms with Gasteiger partial charge in [0.1, 0.15) is 5.76 Å². The van der Waals surface area contributed by atoms with Crippen molar-refractivity contribution in [3.63, 3.8) is 0 Å². The maximum atomic E-state index is 12.6. The van der Waals surface area contributed by atoms with Crippen LogP contribution in [0.1, 0.15) is 43.3 Å². The zero-order valence-corrected chi connectivity index (χ0v) is 13.8. The molecule has 1 aliphatic heterocycles. The number of benzene rings is 1. The number of nitrogens with zero attached hydrogens (tertiary/aromatic N) is 1. The van der Waals surface area contributed by atoms with Crippen LogP contribution in [-0.2, 0) is 11.2 Å². The fraction of sp³-hybridized carbons (Fsp3) is 0.368. The molecule has 0 bridgehead atoms. The third-order valence-electron chi connectivity index (χ3n) is 4.11. The van der Waals surface area contributed by atoms with Gasteiger partial charge in [-0.25, -0.2) is 0 Å². The van der Waals surface area contributed by atoms with Gasteiger partial charge < -0.3 is 9.32 Å². The lowest BCUT2D eigenvalue weighted by Crippen LogP contribution is -2.42. The zero-order chi connectivity index (χ0) is 16.6. The van der Waals surface area contributed by atoms with Crippen molar-refractivity contribution in [1.29, 1.82) is 0 Å². The van der Waals surface area contributed by atoms with E-state index < -0.39 is 5.41 Å². The standard InChI is InChI=1S/C19H21NO3/c1-19(2,3)18(22)20-10-4-5-13-11-14(6-8-16(13)20)17-9-7-15(12-21)23-17/h6-9,11-12H,4-5,10H2,1-3H3. The van der Waals surface area contributed by atoms with Crippen molar-refractivity contribution in [2.24, 2.45) is 5.41 Å². The second-order valence-electron chi connectivity index (χ2n) is 6.97. The van der Waals surface area contributed by atoms with Crippen molar-refractivity contribution >= 4 is 17.9 Å². The van der Waals surface area contributed by atoms with Gasteiger partial charge in [0, 0.05) is 23.2 Å². The van der Waals surface area contributed by atoms with E-state index in [-0.39, 0.29) is 5.91 Å². The highest BCUT2D eigenvalue weighted by Gasteiger charge is 2.31. The minimum Gasteiger partial charge on any atom is -0.453 e. The molecule has 0 aliphatic carbocycles. The van der Waals surface area contributed by atoms with E-state index in [4.69, 9.17) is 4.42 Å². The second-order valence-corrected chi connectivity index (χ2v) is 6.97. The first-order valence-electron chi connectivity index (χ1n) is 7.90. The number of aldehydes is 1. The molecule has 0 radical (unpaired) electrons. The quantitative estimate of drug-likeness (QED) is 0.785. The molecule has 1 amide bonds. The lowest BCUT2D eigenvalue weighted by molar-refractivity contribution is -0.125. The molecule has 0 spiro atoms. The summed E-state index contributed by atoms with van der Waals surface area (Å²) in [5, 5.41) is 0. The summed E-state index contributed by atoms with van der Waals surface area (Å²) in [6, 6.07) is 9.45.